The normalized spacial score (nSPS) is 11.8. The molecule has 1 N–H and O–H groups in total. The maximum atomic E-state index is 10.0. The Morgan fingerprint density at radius 3 is 2.24 bits per heavy atom. The van der Waals surface area contributed by atoms with E-state index in [0.29, 0.717) is 5.92 Å². The first kappa shape index (κ1) is 30.5. The van der Waals surface area contributed by atoms with Gasteiger partial charge in [0.1, 0.15) is 0 Å². The number of rotatable bonds is 4. The van der Waals surface area contributed by atoms with Gasteiger partial charge in [-0.3, -0.25) is 9.78 Å². The third-order valence-corrected chi connectivity index (χ3v) is 7.79. The van der Waals surface area contributed by atoms with Gasteiger partial charge in [-0.05, 0) is 60.7 Å². The molecule has 0 atom stereocenters. The van der Waals surface area contributed by atoms with Crippen LogP contribution in [-0.4, -0.2) is 15.9 Å². The number of nitrogens with zero attached hydrogens (tertiary/aromatic N) is 1. The number of hydrogen-bond donors (Lipinski definition) is 1. The number of aliphatic hydroxyl groups is 1. The van der Waals surface area contributed by atoms with Gasteiger partial charge in [-0.15, -0.1) is 35.5 Å². The maximum Gasteiger partial charge on any atom is 0.155 e. The predicted molar refractivity (Wildman–Crippen MR) is 167 cm³/mol. The van der Waals surface area contributed by atoms with Crippen molar-refractivity contribution in [3.05, 3.63) is 114 Å². The van der Waals surface area contributed by atoms with Crippen LogP contribution in [0.5, 0.6) is 0 Å². The van der Waals surface area contributed by atoms with E-state index in [1.54, 1.807) is 0 Å². The van der Waals surface area contributed by atoms with E-state index < -0.39 is 0 Å². The molecule has 0 aliphatic carbocycles. The number of hydrogen-bond acceptors (Lipinski definition) is 4. The van der Waals surface area contributed by atoms with Gasteiger partial charge >= 0.3 is 0 Å². The summed E-state index contributed by atoms with van der Waals surface area (Å²) < 4.78 is 0. The molecule has 0 saturated heterocycles. The predicted octanol–water partition coefficient (Wildman–Crippen LogP) is 9.73. The van der Waals surface area contributed by atoms with E-state index in [9.17, 15) is 4.79 Å². The molecule has 0 spiro atoms. The first-order valence-corrected chi connectivity index (χ1v) is 14.3. The van der Waals surface area contributed by atoms with Crippen LogP contribution >= 0.6 is 11.8 Å². The summed E-state index contributed by atoms with van der Waals surface area (Å²) in [6, 6.07) is 36.1. The van der Waals surface area contributed by atoms with Gasteiger partial charge in [-0.25, -0.2) is 0 Å². The second-order valence-corrected chi connectivity index (χ2v) is 11.5. The third-order valence-electron chi connectivity index (χ3n) is 6.65. The fourth-order valence-electron chi connectivity index (χ4n) is 5.14. The monoisotopic (exact) mass is 735 g/mol. The molecule has 1 radical (unpaired) electrons. The summed E-state index contributed by atoms with van der Waals surface area (Å²) in [6.45, 7) is 7.40. The van der Waals surface area contributed by atoms with Gasteiger partial charge in [0.15, 0.2) is 5.78 Å². The summed E-state index contributed by atoms with van der Waals surface area (Å²) in [5.41, 5.74) is 9.52. The Balaban J connectivity index is 0.000000434. The second-order valence-electron chi connectivity index (χ2n) is 10.4. The Morgan fingerprint density at radius 2 is 1.56 bits per heavy atom. The molecule has 0 bridgehead atoms. The Hall–Kier alpha value is -3.50. The molecule has 1 aliphatic heterocycles. The van der Waals surface area contributed by atoms with Crippen LogP contribution in [0.15, 0.2) is 113 Å². The molecule has 1 aliphatic rings. The number of fused-ring (bicyclic) bond motifs is 6. The molecule has 2 heterocycles. The molecule has 6 rings (SSSR count). The Kier molecular flexibility index (Phi) is 9.98. The molecule has 1 aromatic heterocycles. The first-order chi connectivity index (χ1) is 19.3. The molecule has 0 fully saturated rings. The van der Waals surface area contributed by atoms with Crippen molar-refractivity contribution in [3.8, 4) is 33.5 Å². The van der Waals surface area contributed by atoms with Gasteiger partial charge in [0.2, 0.25) is 0 Å². The van der Waals surface area contributed by atoms with Crippen molar-refractivity contribution in [2.75, 3.05) is 0 Å². The van der Waals surface area contributed by atoms with Crippen LogP contribution in [0.25, 0.3) is 44.4 Å². The molecule has 3 nitrogen and oxygen atoms in total. The first-order valence-electron chi connectivity index (χ1n) is 13.5. The number of benzene rings is 4. The summed E-state index contributed by atoms with van der Waals surface area (Å²) in [7, 11) is 0. The molecule has 0 unspecified atom stereocenters. The van der Waals surface area contributed by atoms with Crippen molar-refractivity contribution in [3.63, 3.8) is 0 Å². The summed E-state index contributed by atoms with van der Waals surface area (Å²) in [6.07, 6.45) is 2.20. The van der Waals surface area contributed by atoms with Gasteiger partial charge in [0, 0.05) is 36.5 Å². The zero-order valence-corrected chi connectivity index (χ0v) is 26.8. The SMILES string of the molecule is CC(=O)/C=C(/C)O.CC(C)Cc1cc(-c2[c-]ccc3c2-c2ccccc2-c2ccccc2S3)nc2ccccc12.[Ir]. The largest absolute Gasteiger partial charge is 0.512 e. The van der Waals surface area contributed by atoms with Crippen molar-refractivity contribution in [2.45, 2.75) is 43.9 Å². The van der Waals surface area contributed by atoms with Crippen LogP contribution in [0.4, 0.5) is 0 Å². The molecule has 0 amide bonds. The number of aliphatic hydroxyl groups excluding tert-OH is 1. The summed E-state index contributed by atoms with van der Waals surface area (Å²) >= 11 is 1.84. The zero-order valence-electron chi connectivity index (χ0n) is 23.6. The van der Waals surface area contributed by atoms with Gasteiger partial charge in [-0.1, -0.05) is 96.6 Å². The smallest absolute Gasteiger partial charge is 0.155 e. The molecular formula is C36H32IrNO2S-. The third kappa shape index (κ3) is 6.87. The van der Waals surface area contributed by atoms with Gasteiger partial charge < -0.3 is 5.11 Å². The van der Waals surface area contributed by atoms with Crippen LogP contribution in [0.1, 0.15) is 33.3 Å². The standard InChI is InChI=1S/C31H24NS.C5H8O2.Ir/c1-20(2)18-21-19-28(32-27-15-7-5-10-22(21)27)26-14-9-17-30-31(26)25-13-4-3-11-23(25)24-12-6-8-16-29(24)33-30;1-4(6)3-5(2)7;/h3-13,15-17,19-20H,18H2,1-2H3;3,6H,1-2H3;/q-1;;/b;4-3-;. The minimum atomic E-state index is -0.125. The Bertz CT molecular complexity index is 1740. The molecule has 4 aromatic carbocycles. The van der Waals surface area contributed by atoms with Crippen LogP contribution in [0.3, 0.4) is 0 Å². The Morgan fingerprint density at radius 1 is 0.902 bits per heavy atom. The number of carbonyl (C=O) groups is 1. The average Bonchev–Trinajstić information content (AvgIpc) is 3.07. The van der Waals surface area contributed by atoms with Crippen LogP contribution in [0, 0.1) is 12.0 Å². The van der Waals surface area contributed by atoms with Crippen molar-refractivity contribution in [1.29, 1.82) is 0 Å². The average molecular weight is 735 g/mol. The minimum Gasteiger partial charge on any atom is -0.512 e. The number of aromatic nitrogens is 1. The van der Waals surface area contributed by atoms with Crippen molar-refractivity contribution < 1.29 is 30.0 Å². The van der Waals surface area contributed by atoms with Gasteiger partial charge in [0.05, 0.1) is 11.3 Å². The molecule has 209 valence electrons. The summed E-state index contributed by atoms with van der Waals surface area (Å²) in [5.74, 6) is 0.513. The van der Waals surface area contributed by atoms with Gasteiger partial charge in [0.25, 0.3) is 0 Å². The van der Waals surface area contributed by atoms with E-state index in [1.165, 1.54) is 62.9 Å². The minimum absolute atomic E-state index is 0. The number of allylic oxidation sites excluding steroid dienone is 2. The summed E-state index contributed by atoms with van der Waals surface area (Å²) in [4.78, 5) is 17.7. The second kappa shape index (κ2) is 13.4. The Labute approximate surface area is 260 Å². The molecular weight excluding hydrogens is 703 g/mol. The number of carbonyl (C=O) groups excluding carboxylic acids is 1. The quantitative estimate of drug-likeness (QED) is 0.111. The zero-order chi connectivity index (χ0) is 28.2. The summed E-state index contributed by atoms with van der Waals surface area (Å²) in [5, 5.41) is 9.61. The van der Waals surface area contributed by atoms with Crippen LogP contribution in [-0.2, 0) is 31.3 Å². The van der Waals surface area contributed by atoms with E-state index in [0.717, 1.165) is 23.2 Å². The molecule has 5 heteroatoms. The number of pyridine rings is 1. The molecule has 0 saturated carbocycles. The van der Waals surface area contributed by atoms with E-state index in [-0.39, 0.29) is 31.6 Å². The van der Waals surface area contributed by atoms with Gasteiger partial charge in [-0.2, -0.15) is 0 Å². The topological polar surface area (TPSA) is 50.2 Å². The van der Waals surface area contributed by atoms with E-state index in [2.05, 4.69) is 111 Å². The van der Waals surface area contributed by atoms with E-state index in [1.807, 2.05) is 11.8 Å². The van der Waals surface area contributed by atoms with Crippen molar-refractivity contribution in [1.82, 2.24) is 4.98 Å². The fraction of sp³-hybridized carbons (Fsp3) is 0.167. The molecule has 41 heavy (non-hydrogen) atoms. The maximum absolute atomic E-state index is 10.0. The van der Waals surface area contributed by atoms with E-state index >= 15 is 0 Å². The fourth-order valence-corrected chi connectivity index (χ4v) is 6.27. The number of ketones is 1. The van der Waals surface area contributed by atoms with Crippen LogP contribution in [0.2, 0.25) is 0 Å². The van der Waals surface area contributed by atoms with Crippen molar-refractivity contribution >= 4 is 28.4 Å². The van der Waals surface area contributed by atoms with E-state index in [4.69, 9.17) is 10.1 Å². The number of para-hydroxylation sites is 1. The molecule has 5 aromatic rings. The van der Waals surface area contributed by atoms with Crippen LogP contribution < -0.4 is 0 Å². The van der Waals surface area contributed by atoms with Crippen molar-refractivity contribution in [2.24, 2.45) is 5.92 Å².